The van der Waals surface area contributed by atoms with Crippen molar-refractivity contribution in [2.45, 2.75) is 52.1 Å². The number of carbonyl (C=O) groups is 1. The van der Waals surface area contributed by atoms with Gasteiger partial charge in [-0.3, -0.25) is 4.79 Å². The fourth-order valence-electron chi connectivity index (χ4n) is 2.48. The van der Waals surface area contributed by atoms with E-state index in [2.05, 4.69) is 33.0 Å². The van der Waals surface area contributed by atoms with E-state index in [0.29, 0.717) is 12.6 Å². The summed E-state index contributed by atoms with van der Waals surface area (Å²) in [5, 5.41) is 3.14. The molecule has 1 amide bonds. The Morgan fingerprint density at radius 2 is 2.21 bits per heavy atom. The maximum absolute atomic E-state index is 11.8. The van der Waals surface area contributed by atoms with Crippen LogP contribution in [0.5, 0.6) is 0 Å². The molecule has 1 atom stereocenters. The molecule has 0 spiro atoms. The molecule has 0 saturated carbocycles. The number of piperazine rings is 1. The normalized spacial score (nSPS) is 24.1. The van der Waals surface area contributed by atoms with Crippen molar-refractivity contribution in [2.24, 2.45) is 0 Å². The maximum atomic E-state index is 11.8. The minimum atomic E-state index is 0.00729. The Morgan fingerprint density at radius 1 is 1.57 bits per heavy atom. The lowest BCUT2D eigenvalue weighted by Crippen LogP contribution is -2.61. The van der Waals surface area contributed by atoms with Crippen LogP contribution in [0, 0.1) is 0 Å². The number of rotatable bonds is 3. The van der Waals surface area contributed by atoms with Crippen LogP contribution in [0.4, 0.5) is 0 Å². The summed E-state index contributed by atoms with van der Waals surface area (Å²) in [6.07, 6.45) is 2.19. The third-order valence-electron chi connectivity index (χ3n) is 2.94. The molecule has 0 bridgehead atoms. The first-order chi connectivity index (χ1) is 6.49. The summed E-state index contributed by atoms with van der Waals surface area (Å²) in [6.45, 7) is 10.0. The Balaban J connectivity index is 2.76. The molecule has 1 saturated heterocycles. The van der Waals surface area contributed by atoms with E-state index in [-0.39, 0.29) is 11.4 Å². The monoisotopic (exact) mass is 198 g/mol. The fourth-order valence-corrected chi connectivity index (χ4v) is 2.48. The molecule has 0 aromatic rings. The smallest absolute Gasteiger partial charge is 0.237 e. The number of nitrogens with zero attached hydrogens (tertiary/aromatic N) is 1. The first kappa shape index (κ1) is 11.5. The summed E-state index contributed by atoms with van der Waals surface area (Å²) in [4.78, 5) is 13.8. The van der Waals surface area contributed by atoms with Crippen molar-refractivity contribution in [1.82, 2.24) is 10.2 Å². The van der Waals surface area contributed by atoms with Crippen molar-refractivity contribution < 1.29 is 4.79 Å². The minimum absolute atomic E-state index is 0.00729. The van der Waals surface area contributed by atoms with Crippen LogP contribution in [-0.4, -0.2) is 35.5 Å². The predicted molar refractivity (Wildman–Crippen MR) is 58.2 cm³/mol. The summed E-state index contributed by atoms with van der Waals surface area (Å²) in [5.41, 5.74) is 0.00729. The molecular formula is C11H22N2O. The van der Waals surface area contributed by atoms with Gasteiger partial charge in [0, 0.05) is 18.1 Å². The summed E-state index contributed by atoms with van der Waals surface area (Å²) in [6, 6.07) is 0.317. The van der Waals surface area contributed by atoms with Gasteiger partial charge in [-0.2, -0.15) is 0 Å². The maximum Gasteiger partial charge on any atom is 0.237 e. The third-order valence-corrected chi connectivity index (χ3v) is 2.94. The van der Waals surface area contributed by atoms with Gasteiger partial charge >= 0.3 is 0 Å². The highest BCUT2D eigenvalue weighted by Crippen LogP contribution is 2.24. The van der Waals surface area contributed by atoms with Gasteiger partial charge in [0.05, 0.1) is 6.54 Å². The Labute approximate surface area is 86.9 Å². The molecule has 0 aromatic carbocycles. The fraction of sp³-hybridized carbons (Fsp3) is 0.909. The SMILES string of the molecule is CCCC(C)(C)N1C(=O)CNCC1C. The van der Waals surface area contributed by atoms with E-state index < -0.39 is 0 Å². The zero-order chi connectivity index (χ0) is 10.8. The standard InChI is InChI=1S/C11H22N2O/c1-5-6-11(3,4)13-9(2)7-12-8-10(13)14/h9,12H,5-8H2,1-4H3. The molecule has 3 nitrogen and oxygen atoms in total. The molecule has 0 radical (unpaired) electrons. The lowest BCUT2D eigenvalue weighted by atomic mass is 9.93. The average Bonchev–Trinajstić information content (AvgIpc) is 2.02. The molecule has 3 heteroatoms. The van der Waals surface area contributed by atoms with Crippen LogP contribution in [0.3, 0.4) is 0 Å². The molecule has 14 heavy (non-hydrogen) atoms. The summed E-state index contributed by atoms with van der Waals surface area (Å²) in [7, 11) is 0. The van der Waals surface area contributed by atoms with Crippen LogP contribution in [0.25, 0.3) is 0 Å². The van der Waals surface area contributed by atoms with Crippen molar-refractivity contribution in [1.29, 1.82) is 0 Å². The van der Waals surface area contributed by atoms with Gasteiger partial charge in [-0.25, -0.2) is 0 Å². The van der Waals surface area contributed by atoms with Gasteiger partial charge in [0.25, 0.3) is 0 Å². The Bertz CT molecular complexity index is 213. The number of hydrogen-bond donors (Lipinski definition) is 1. The van der Waals surface area contributed by atoms with Crippen LogP contribution in [-0.2, 0) is 4.79 Å². The topological polar surface area (TPSA) is 32.3 Å². The van der Waals surface area contributed by atoms with Gasteiger partial charge in [0.2, 0.25) is 5.91 Å². The third kappa shape index (κ3) is 2.27. The van der Waals surface area contributed by atoms with Crippen LogP contribution in [0.2, 0.25) is 0 Å². The Hall–Kier alpha value is -0.570. The average molecular weight is 198 g/mol. The molecule has 1 heterocycles. The number of carbonyl (C=O) groups excluding carboxylic acids is 1. The lowest BCUT2D eigenvalue weighted by molar-refractivity contribution is -0.141. The van der Waals surface area contributed by atoms with Gasteiger partial charge in [-0.15, -0.1) is 0 Å². The molecule has 82 valence electrons. The van der Waals surface area contributed by atoms with E-state index in [1.165, 1.54) is 0 Å². The van der Waals surface area contributed by atoms with Gasteiger partial charge in [-0.1, -0.05) is 13.3 Å². The van der Waals surface area contributed by atoms with Crippen LogP contribution in [0.15, 0.2) is 0 Å². The second-order valence-electron chi connectivity index (χ2n) is 4.81. The largest absolute Gasteiger partial charge is 0.332 e. The summed E-state index contributed by atoms with van der Waals surface area (Å²) < 4.78 is 0. The van der Waals surface area contributed by atoms with Crippen molar-refractivity contribution in [2.75, 3.05) is 13.1 Å². The lowest BCUT2D eigenvalue weighted by Gasteiger charge is -2.45. The van der Waals surface area contributed by atoms with Gasteiger partial charge < -0.3 is 10.2 Å². The minimum Gasteiger partial charge on any atom is -0.332 e. The molecule has 1 aliphatic heterocycles. The summed E-state index contributed by atoms with van der Waals surface area (Å²) in [5.74, 6) is 0.238. The highest BCUT2D eigenvalue weighted by atomic mass is 16.2. The molecule has 1 rings (SSSR count). The molecular weight excluding hydrogens is 176 g/mol. The number of hydrogen-bond acceptors (Lipinski definition) is 2. The van der Waals surface area contributed by atoms with E-state index in [1.54, 1.807) is 0 Å². The van der Waals surface area contributed by atoms with Gasteiger partial charge in [-0.05, 0) is 27.2 Å². The van der Waals surface area contributed by atoms with Crippen molar-refractivity contribution in [3.63, 3.8) is 0 Å². The zero-order valence-electron chi connectivity index (χ0n) is 9.76. The quantitative estimate of drug-likeness (QED) is 0.743. The Morgan fingerprint density at radius 3 is 2.71 bits per heavy atom. The van der Waals surface area contributed by atoms with Crippen LogP contribution in [0.1, 0.15) is 40.5 Å². The van der Waals surface area contributed by atoms with E-state index in [0.717, 1.165) is 19.4 Å². The molecule has 0 aliphatic carbocycles. The van der Waals surface area contributed by atoms with Gasteiger partial charge in [0.1, 0.15) is 0 Å². The first-order valence-corrected chi connectivity index (χ1v) is 5.52. The van der Waals surface area contributed by atoms with Crippen molar-refractivity contribution in [3.8, 4) is 0 Å². The second-order valence-corrected chi connectivity index (χ2v) is 4.81. The van der Waals surface area contributed by atoms with E-state index >= 15 is 0 Å². The highest BCUT2D eigenvalue weighted by Gasteiger charge is 2.35. The zero-order valence-corrected chi connectivity index (χ0v) is 9.76. The number of amides is 1. The second kappa shape index (κ2) is 4.30. The van der Waals surface area contributed by atoms with E-state index in [4.69, 9.17) is 0 Å². The van der Waals surface area contributed by atoms with Crippen LogP contribution >= 0.6 is 0 Å². The molecule has 1 fully saturated rings. The molecule has 1 N–H and O–H groups in total. The molecule has 1 aliphatic rings. The predicted octanol–water partition coefficient (Wildman–Crippen LogP) is 1.39. The molecule has 0 aromatic heterocycles. The highest BCUT2D eigenvalue weighted by molar-refractivity contribution is 5.80. The summed E-state index contributed by atoms with van der Waals surface area (Å²) >= 11 is 0. The first-order valence-electron chi connectivity index (χ1n) is 5.52. The van der Waals surface area contributed by atoms with Gasteiger partial charge in [0.15, 0.2) is 0 Å². The van der Waals surface area contributed by atoms with E-state index in [9.17, 15) is 4.79 Å². The molecule has 1 unspecified atom stereocenters. The van der Waals surface area contributed by atoms with Crippen molar-refractivity contribution in [3.05, 3.63) is 0 Å². The number of nitrogens with one attached hydrogen (secondary N) is 1. The Kier molecular flexibility index (Phi) is 3.53. The van der Waals surface area contributed by atoms with E-state index in [1.807, 2.05) is 4.90 Å². The van der Waals surface area contributed by atoms with Crippen molar-refractivity contribution >= 4 is 5.91 Å². The van der Waals surface area contributed by atoms with Crippen LogP contribution < -0.4 is 5.32 Å².